The molecule has 0 amide bonds. The van der Waals surface area contributed by atoms with Gasteiger partial charge in [0, 0.05) is 30.8 Å². The topological polar surface area (TPSA) is 43.4 Å². The number of hydrogen-bond donors (Lipinski definition) is 1. The van der Waals surface area contributed by atoms with Gasteiger partial charge in [-0.15, -0.1) is 11.3 Å². The Morgan fingerprint density at radius 1 is 1.27 bits per heavy atom. The predicted octanol–water partition coefficient (Wildman–Crippen LogP) is 3.51. The van der Waals surface area contributed by atoms with Gasteiger partial charge in [0.15, 0.2) is 11.5 Å². The summed E-state index contributed by atoms with van der Waals surface area (Å²) in [4.78, 5) is 4.49. The molecular weight excluding hydrogens is 296 g/mol. The molecule has 0 aliphatic carbocycles. The molecule has 118 valence electrons. The number of aromatic nitrogens is 1. The fourth-order valence-electron chi connectivity index (χ4n) is 2.51. The highest BCUT2D eigenvalue weighted by Crippen LogP contribution is 2.32. The van der Waals surface area contributed by atoms with Gasteiger partial charge in [0.05, 0.1) is 23.9 Å². The van der Waals surface area contributed by atoms with Crippen LogP contribution in [0.2, 0.25) is 0 Å². The molecule has 2 aromatic rings. The van der Waals surface area contributed by atoms with Gasteiger partial charge in [-0.3, -0.25) is 0 Å². The molecule has 1 aromatic carbocycles. The molecule has 4 nitrogen and oxygen atoms in total. The first-order valence-corrected chi connectivity index (χ1v) is 8.64. The van der Waals surface area contributed by atoms with Crippen LogP contribution in [0.1, 0.15) is 35.7 Å². The summed E-state index contributed by atoms with van der Waals surface area (Å²) in [5.74, 6) is 1.71. The molecule has 0 unspecified atom stereocenters. The van der Waals surface area contributed by atoms with E-state index in [9.17, 15) is 0 Å². The Bertz CT molecular complexity index is 627. The van der Waals surface area contributed by atoms with Crippen molar-refractivity contribution in [1.29, 1.82) is 0 Å². The number of ether oxygens (including phenoxy) is 2. The maximum atomic E-state index is 5.75. The van der Waals surface area contributed by atoms with E-state index in [0.29, 0.717) is 0 Å². The zero-order valence-electron chi connectivity index (χ0n) is 13.1. The Balaban J connectivity index is 1.57. The number of fused-ring (bicyclic) bond motifs is 1. The van der Waals surface area contributed by atoms with Crippen LogP contribution in [0.5, 0.6) is 11.5 Å². The van der Waals surface area contributed by atoms with Crippen LogP contribution in [0.15, 0.2) is 23.6 Å². The van der Waals surface area contributed by atoms with Crippen molar-refractivity contribution in [2.45, 2.75) is 32.7 Å². The van der Waals surface area contributed by atoms with E-state index in [1.54, 1.807) is 11.3 Å². The second-order valence-electron chi connectivity index (χ2n) is 5.54. The predicted molar refractivity (Wildman–Crippen MR) is 89.0 cm³/mol. The van der Waals surface area contributed by atoms with Gasteiger partial charge in [-0.05, 0) is 31.5 Å². The normalized spacial score (nSPS) is 15.4. The van der Waals surface area contributed by atoms with E-state index in [4.69, 9.17) is 9.47 Å². The van der Waals surface area contributed by atoms with Crippen molar-refractivity contribution >= 4 is 11.3 Å². The molecule has 3 rings (SSSR count). The molecule has 2 heterocycles. The lowest BCUT2D eigenvalue weighted by molar-refractivity contribution is 0.297. The summed E-state index contributed by atoms with van der Waals surface area (Å²) in [6.07, 6.45) is 1.89. The van der Waals surface area contributed by atoms with Crippen molar-refractivity contribution in [3.05, 3.63) is 39.8 Å². The van der Waals surface area contributed by atoms with Crippen molar-refractivity contribution in [3.8, 4) is 11.5 Å². The highest BCUT2D eigenvalue weighted by Gasteiger charge is 2.13. The Morgan fingerprint density at radius 3 is 2.86 bits per heavy atom. The van der Waals surface area contributed by atoms with Gasteiger partial charge in [0.25, 0.3) is 0 Å². The van der Waals surface area contributed by atoms with Gasteiger partial charge in [0.2, 0.25) is 0 Å². The minimum absolute atomic E-state index is 0.275. The quantitative estimate of drug-likeness (QED) is 0.916. The number of hydrogen-bond acceptors (Lipinski definition) is 5. The Hall–Kier alpha value is -1.59. The first-order valence-electron chi connectivity index (χ1n) is 7.76. The third-order valence-corrected chi connectivity index (χ3v) is 4.59. The molecule has 1 atom stereocenters. The van der Waals surface area contributed by atoms with Crippen LogP contribution in [0.4, 0.5) is 0 Å². The first kappa shape index (κ1) is 15.3. The van der Waals surface area contributed by atoms with Crippen LogP contribution >= 0.6 is 11.3 Å². The van der Waals surface area contributed by atoms with E-state index in [1.165, 1.54) is 11.3 Å². The molecule has 0 saturated carbocycles. The molecule has 0 radical (unpaired) electrons. The Labute approximate surface area is 135 Å². The molecule has 1 aromatic heterocycles. The lowest BCUT2D eigenvalue weighted by Gasteiger charge is -2.16. The van der Waals surface area contributed by atoms with Crippen molar-refractivity contribution in [1.82, 2.24) is 10.3 Å². The Morgan fingerprint density at radius 2 is 2.09 bits per heavy atom. The number of nitrogens with zero attached hydrogens (tertiary/aromatic N) is 1. The number of thiazole rings is 1. The van der Waals surface area contributed by atoms with Crippen molar-refractivity contribution in [3.63, 3.8) is 0 Å². The first-order chi connectivity index (χ1) is 10.7. The zero-order valence-corrected chi connectivity index (χ0v) is 13.9. The van der Waals surface area contributed by atoms with Crippen LogP contribution in [-0.4, -0.2) is 24.7 Å². The fraction of sp³-hybridized carbons (Fsp3) is 0.471. The summed E-state index contributed by atoms with van der Waals surface area (Å²) in [6.45, 7) is 6.58. The van der Waals surface area contributed by atoms with Gasteiger partial charge in [-0.25, -0.2) is 4.98 Å². The highest BCUT2D eigenvalue weighted by molar-refractivity contribution is 7.09. The zero-order chi connectivity index (χ0) is 15.4. The van der Waals surface area contributed by atoms with E-state index < -0.39 is 0 Å². The third kappa shape index (κ3) is 3.78. The number of nitrogens with one attached hydrogen (secondary N) is 1. The van der Waals surface area contributed by atoms with Crippen LogP contribution < -0.4 is 14.8 Å². The molecular formula is C17H22N2O2S. The fourth-order valence-corrected chi connectivity index (χ4v) is 3.15. The van der Waals surface area contributed by atoms with Crippen LogP contribution in [-0.2, 0) is 6.42 Å². The van der Waals surface area contributed by atoms with Crippen molar-refractivity contribution in [2.24, 2.45) is 0 Å². The monoisotopic (exact) mass is 318 g/mol. The largest absolute Gasteiger partial charge is 0.490 e. The van der Waals surface area contributed by atoms with E-state index in [0.717, 1.165) is 49.1 Å². The minimum Gasteiger partial charge on any atom is -0.490 e. The summed E-state index contributed by atoms with van der Waals surface area (Å²) >= 11 is 1.71. The number of aryl methyl sites for hydroxylation is 1. The van der Waals surface area contributed by atoms with Crippen LogP contribution in [0.3, 0.4) is 0 Å². The van der Waals surface area contributed by atoms with E-state index in [-0.39, 0.29) is 6.04 Å². The minimum atomic E-state index is 0.275. The van der Waals surface area contributed by atoms with Gasteiger partial charge in [-0.2, -0.15) is 0 Å². The van der Waals surface area contributed by atoms with E-state index in [2.05, 4.69) is 34.7 Å². The molecule has 0 spiro atoms. The van der Waals surface area contributed by atoms with Crippen molar-refractivity contribution < 1.29 is 9.47 Å². The van der Waals surface area contributed by atoms with Crippen LogP contribution in [0.25, 0.3) is 0 Å². The lowest BCUT2D eigenvalue weighted by atomic mass is 10.1. The highest BCUT2D eigenvalue weighted by atomic mass is 32.1. The number of benzene rings is 1. The Kier molecular flexibility index (Phi) is 4.95. The lowest BCUT2D eigenvalue weighted by Crippen LogP contribution is -2.21. The standard InChI is InChI=1S/C17H22N2O2S/c1-12(18-7-6-15-11-22-13(2)19-15)14-4-5-16-17(10-14)21-9-3-8-20-16/h4-5,10-12,18H,3,6-9H2,1-2H3/t12-/m1/s1. The number of rotatable bonds is 5. The molecule has 5 heteroatoms. The van der Waals surface area contributed by atoms with Crippen LogP contribution in [0, 0.1) is 6.92 Å². The molecule has 0 saturated heterocycles. The molecule has 1 N–H and O–H groups in total. The average Bonchev–Trinajstić information content (AvgIpc) is 2.80. The smallest absolute Gasteiger partial charge is 0.161 e. The second kappa shape index (κ2) is 7.11. The summed E-state index contributed by atoms with van der Waals surface area (Å²) in [6, 6.07) is 6.48. The summed E-state index contributed by atoms with van der Waals surface area (Å²) < 4.78 is 11.4. The SMILES string of the molecule is Cc1nc(CCN[C@H](C)c2ccc3c(c2)OCCCO3)cs1. The molecule has 0 fully saturated rings. The van der Waals surface area contributed by atoms with Crippen molar-refractivity contribution in [2.75, 3.05) is 19.8 Å². The van der Waals surface area contributed by atoms with Gasteiger partial charge < -0.3 is 14.8 Å². The molecule has 22 heavy (non-hydrogen) atoms. The van der Waals surface area contributed by atoms with Gasteiger partial charge in [-0.1, -0.05) is 6.07 Å². The molecule has 0 bridgehead atoms. The summed E-state index contributed by atoms with van der Waals surface area (Å²) in [5.41, 5.74) is 2.39. The maximum Gasteiger partial charge on any atom is 0.161 e. The van der Waals surface area contributed by atoms with Gasteiger partial charge >= 0.3 is 0 Å². The maximum absolute atomic E-state index is 5.75. The second-order valence-corrected chi connectivity index (χ2v) is 6.60. The van der Waals surface area contributed by atoms with Gasteiger partial charge in [0.1, 0.15) is 0 Å². The average molecular weight is 318 g/mol. The molecule has 1 aliphatic heterocycles. The summed E-state index contributed by atoms with van der Waals surface area (Å²) in [7, 11) is 0. The molecule has 1 aliphatic rings. The van der Waals surface area contributed by atoms with E-state index >= 15 is 0 Å². The summed E-state index contributed by atoms with van der Waals surface area (Å²) in [5, 5.41) is 6.81. The third-order valence-electron chi connectivity index (χ3n) is 3.77. The van der Waals surface area contributed by atoms with E-state index in [1.807, 2.05) is 13.0 Å².